The highest BCUT2D eigenvalue weighted by Gasteiger charge is 2.32. The van der Waals surface area contributed by atoms with Crippen molar-refractivity contribution in [2.45, 2.75) is 25.3 Å². The van der Waals surface area contributed by atoms with E-state index in [1.54, 1.807) is 12.1 Å². The minimum Gasteiger partial charge on any atom is -0.494 e. The molecular formula is C21H20F4O6. The topological polar surface area (TPSA) is 66.5 Å². The van der Waals surface area contributed by atoms with Gasteiger partial charge in [-0.1, -0.05) is 0 Å². The van der Waals surface area contributed by atoms with E-state index in [1.807, 2.05) is 0 Å². The van der Waals surface area contributed by atoms with Crippen LogP contribution in [-0.2, 0) is 9.47 Å². The van der Waals surface area contributed by atoms with Gasteiger partial charge in [-0.3, -0.25) is 0 Å². The molecule has 0 saturated carbocycles. The van der Waals surface area contributed by atoms with E-state index in [0.29, 0.717) is 31.6 Å². The summed E-state index contributed by atoms with van der Waals surface area (Å²) in [5.74, 6) is -2.82. The van der Waals surface area contributed by atoms with Gasteiger partial charge in [-0.25, -0.2) is 9.18 Å². The number of alkyl halides is 3. The first kappa shape index (κ1) is 22.8. The molecule has 2 aromatic rings. The van der Waals surface area contributed by atoms with Crippen molar-refractivity contribution in [1.82, 2.24) is 0 Å². The highest BCUT2D eigenvalue weighted by molar-refractivity contribution is 5.91. The van der Waals surface area contributed by atoms with E-state index < -0.39 is 23.9 Å². The highest BCUT2D eigenvalue weighted by Crippen LogP contribution is 2.28. The molecule has 2 aromatic carbocycles. The van der Waals surface area contributed by atoms with Gasteiger partial charge in [0.05, 0.1) is 25.4 Å². The first-order chi connectivity index (χ1) is 14.8. The lowest BCUT2D eigenvalue weighted by Crippen LogP contribution is -2.18. The van der Waals surface area contributed by atoms with Gasteiger partial charge in [0.1, 0.15) is 17.6 Å². The lowest BCUT2D eigenvalue weighted by Gasteiger charge is -2.11. The lowest BCUT2D eigenvalue weighted by atomic mass is 10.2. The number of ether oxygens (including phenoxy) is 5. The molecule has 1 atom stereocenters. The van der Waals surface area contributed by atoms with E-state index in [0.717, 1.165) is 31.6 Å². The molecule has 10 heteroatoms. The fraction of sp³-hybridized carbons (Fsp3) is 0.381. The van der Waals surface area contributed by atoms with Gasteiger partial charge in [0, 0.05) is 12.7 Å². The van der Waals surface area contributed by atoms with Crippen LogP contribution in [0, 0.1) is 5.82 Å². The number of carbonyl (C=O) groups is 1. The van der Waals surface area contributed by atoms with Crippen molar-refractivity contribution in [2.24, 2.45) is 0 Å². The standard InChI is InChI=1S/C21H20F4O6/c22-18-11-16(7-8-19(18)31-21(23,24)25)30-20(26)14-3-5-15(6-4-14)28-10-2-1-9-27-12-17-13-29-17/h3-8,11,17H,1-2,9-10,12-13H2. The number of benzene rings is 2. The number of epoxide rings is 1. The van der Waals surface area contributed by atoms with E-state index in [-0.39, 0.29) is 17.4 Å². The van der Waals surface area contributed by atoms with E-state index in [9.17, 15) is 22.4 Å². The lowest BCUT2D eigenvalue weighted by molar-refractivity contribution is -0.275. The highest BCUT2D eigenvalue weighted by atomic mass is 19.4. The molecule has 0 aliphatic carbocycles. The van der Waals surface area contributed by atoms with Crippen LogP contribution < -0.4 is 14.2 Å². The van der Waals surface area contributed by atoms with Crippen LogP contribution in [0.3, 0.4) is 0 Å². The van der Waals surface area contributed by atoms with Crippen LogP contribution in [0.15, 0.2) is 42.5 Å². The third-order valence-electron chi connectivity index (χ3n) is 4.09. The molecule has 0 amide bonds. The number of hydrogen-bond donors (Lipinski definition) is 0. The number of hydrogen-bond acceptors (Lipinski definition) is 6. The summed E-state index contributed by atoms with van der Waals surface area (Å²) >= 11 is 0. The maximum atomic E-state index is 13.7. The van der Waals surface area contributed by atoms with Crippen molar-refractivity contribution < 1.29 is 46.0 Å². The van der Waals surface area contributed by atoms with Crippen molar-refractivity contribution in [2.75, 3.05) is 26.4 Å². The SMILES string of the molecule is O=C(Oc1ccc(OC(F)(F)F)c(F)c1)c1ccc(OCCCCOCC2CO2)cc1. The van der Waals surface area contributed by atoms with Crippen LogP contribution in [0.1, 0.15) is 23.2 Å². The summed E-state index contributed by atoms with van der Waals surface area (Å²) in [6, 6.07) is 8.46. The van der Waals surface area contributed by atoms with Crippen molar-refractivity contribution in [3.8, 4) is 17.2 Å². The quantitative estimate of drug-likeness (QED) is 0.167. The Morgan fingerprint density at radius 3 is 2.35 bits per heavy atom. The van der Waals surface area contributed by atoms with E-state index >= 15 is 0 Å². The van der Waals surface area contributed by atoms with Crippen LogP contribution in [-0.4, -0.2) is 44.9 Å². The van der Waals surface area contributed by atoms with Gasteiger partial charge in [-0.2, -0.15) is 0 Å². The monoisotopic (exact) mass is 444 g/mol. The van der Waals surface area contributed by atoms with Crippen molar-refractivity contribution in [1.29, 1.82) is 0 Å². The summed E-state index contributed by atoms with van der Waals surface area (Å²) in [6.07, 6.45) is -3.12. The number of carbonyl (C=O) groups excluding carboxylic acids is 1. The molecule has 1 aliphatic rings. The van der Waals surface area contributed by atoms with Gasteiger partial charge in [-0.05, 0) is 49.2 Å². The molecule has 1 saturated heterocycles. The van der Waals surface area contributed by atoms with Gasteiger partial charge in [0.25, 0.3) is 0 Å². The summed E-state index contributed by atoms with van der Waals surface area (Å²) in [5, 5.41) is 0. The Balaban J connectivity index is 1.41. The zero-order chi connectivity index (χ0) is 22.3. The normalized spacial score (nSPS) is 15.4. The molecule has 0 bridgehead atoms. The summed E-state index contributed by atoms with van der Waals surface area (Å²) in [7, 11) is 0. The minimum atomic E-state index is -5.03. The van der Waals surface area contributed by atoms with Crippen LogP contribution in [0.4, 0.5) is 17.6 Å². The fourth-order valence-electron chi connectivity index (χ4n) is 2.48. The Morgan fingerprint density at radius 1 is 1.03 bits per heavy atom. The largest absolute Gasteiger partial charge is 0.573 e. The van der Waals surface area contributed by atoms with E-state index in [4.69, 9.17) is 18.9 Å². The molecule has 3 rings (SSSR count). The molecule has 168 valence electrons. The predicted molar refractivity (Wildman–Crippen MR) is 99.8 cm³/mol. The molecule has 1 heterocycles. The van der Waals surface area contributed by atoms with Gasteiger partial charge in [0.15, 0.2) is 11.6 Å². The maximum Gasteiger partial charge on any atom is 0.573 e. The molecule has 1 unspecified atom stereocenters. The van der Waals surface area contributed by atoms with Crippen molar-refractivity contribution in [3.63, 3.8) is 0 Å². The van der Waals surface area contributed by atoms with E-state index in [2.05, 4.69) is 4.74 Å². The first-order valence-corrected chi connectivity index (χ1v) is 9.50. The molecule has 31 heavy (non-hydrogen) atoms. The molecule has 0 radical (unpaired) electrons. The number of esters is 1. The zero-order valence-corrected chi connectivity index (χ0v) is 16.3. The molecule has 0 N–H and O–H groups in total. The van der Waals surface area contributed by atoms with Gasteiger partial charge >= 0.3 is 12.3 Å². The van der Waals surface area contributed by atoms with Crippen molar-refractivity contribution in [3.05, 3.63) is 53.8 Å². The van der Waals surface area contributed by atoms with Crippen LogP contribution in [0.25, 0.3) is 0 Å². The average Bonchev–Trinajstić information content (AvgIpc) is 3.53. The van der Waals surface area contributed by atoms with Gasteiger partial charge in [-0.15, -0.1) is 13.2 Å². The summed E-state index contributed by atoms with van der Waals surface area (Å²) in [5.41, 5.74) is 0.166. The second-order valence-electron chi connectivity index (χ2n) is 6.64. The van der Waals surface area contributed by atoms with Crippen LogP contribution in [0.5, 0.6) is 17.2 Å². The Kier molecular flexibility index (Phi) is 7.69. The van der Waals surface area contributed by atoms with Crippen LogP contribution in [0.2, 0.25) is 0 Å². The Hall–Kier alpha value is -2.85. The molecule has 0 aromatic heterocycles. The zero-order valence-electron chi connectivity index (χ0n) is 16.3. The molecule has 0 spiro atoms. The second kappa shape index (κ2) is 10.5. The molecule has 1 aliphatic heterocycles. The summed E-state index contributed by atoms with van der Waals surface area (Å²) < 4.78 is 74.7. The third kappa shape index (κ3) is 8.06. The number of rotatable bonds is 11. The fourth-order valence-corrected chi connectivity index (χ4v) is 2.48. The Bertz CT molecular complexity index is 865. The third-order valence-corrected chi connectivity index (χ3v) is 4.09. The average molecular weight is 444 g/mol. The smallest absolute Gasteiger partial charge is 0.494 e. The Morgan fingerprint density at radius 2 is 1.71 bits per heavy atom. The molecular weight excluding hydrogens is 424 g/mol. The summed E-state index contributed by atoms with van der Waals surface area (Å²) in [4.78, 5) is 12.1. The maximum absolute atomic E-state index is 13.7. The second-order valence-corrected chi connectivity index (χ2v) is 6.64. The van der Waals surface area contributed by atoms with Gasteiger partial charge < -0.3 is 23.7 Å². The van der Waals surface area contributed by atoms with Crippen LogP contribution >= 0.6 is 0 Å². The number of halogens is 4. The van der Waals surface area contributed by atoms with Crippen molar-refractivity contribution >= 4 is 5.97 Å². The minimum absolute atomic E-state index is 0.166. The van der Waals surface area contributed by atoms with E-state index in [1.165, 1.54) is 12.1 Å². The first-order valence-electron chi connectivity index (χ1n) is 9.50. The Labute approximate surface area is 175 Å². The predicted octanol–water partition coefficient (Wildman–Crippen LogP) is 4.52. The van der Waals surface area contributed by atoms with Gasteiger partial charge in [0.2, 0.25) is 0 Å². The molecule has 1 fully saturated rings. The molecule has 6 nitrogen and oxygen atoms in total. The number of unbranched alkanes of at least 4 members (excludes halogenated alkanes) is 1. The summed E-state index contributed by atoms with van der Waals surface area (Å²) in [6.45, 7) is 2.51.